The van der Waals surface area contributed by atoms with Crippen LogP contribution in [0.25, 0.3) is 0 Å². The van der Waals surface area contributed by atoms with Crippen LogP contribution in [0, 0.1) is 0 Å². The monoisotopic (exact) mass is 244 g/mol. The lowest BCUT2D eigenvalue weighted by atomic mass is 10.1. The molecule has 0 unspecified atom stereocenters. The Kier molecular flexibility index (Phi) is 4.12. The smallest absolute Gasteiger partial charge is 0.122 e. The number of nitrogens with zero attached hydrogens (tertiary/aromatic N) is 2. The second-order valence-electron chi connectivity index (χ2n) is 3.97. The average Bonchev–Trinajstić information content (AvgIpc) is 2.45. The van der Waals surface area contributed by atoms with Crippen molar-refractivity contribution < 1.29 is 9.47 Å². The van der Waals surface area contributed by atoms with Gasteiger partial charge in [0.05, 0.1) is 14.2 Å². The van der Waals surface area contributed by atoms with E-state index in [1.54, 1.807) is 14.2 Å². The summed E-state index contributed by atoms with van der Waals surface area (Å²) in [6.45, 7) is 0. The molecule has 1 heterocycles. The minimum atomic E-state index is 0.814. The summed E-state index contributed by atoms with van der Waals surface area (Å²) in [5.41, 5.74) is 2.30. The van der Waals surface area contributed by atoms with Gasteiger partial charge < -0.3 is 9.47 Å². The van der Waals surface area contributed by atoms with E-state index in [2.05, 4.69) is 9.97 Å². The van der Waals surface area contributed by atoms with Crippen molar-refractivity contribution in [2.45, 2.75) is 12.8 Å². The minimum Gasteiger partial charge on any atom is -0.497 e. The first-order valence-electron chi connectivity index (χ1n) is 5.77. The normalized spacial score (nSPS) is 10.1. The van der Waals surface area contributed by atoms with Crippen LogP contribution in [0.4, 0.5) is 0 Å². The lowest BCUT2D eigenvalue weighted by Gasteiger charge is -2.08. The van der Waals surface area contributed by atoms with E-state index in [0.29, 0.717) is 0 Å². The van der Waals surface area contributed by atoms with Crippen LogP contribution in [0.2, 0.25) is 0 Å². The third-order valence-electron chi connectivity index (χ3n) is 2.73. The molecule has 2 aromatic rings. The van der Waals surface area contributed by atoms with Gasteiger partial charge in [-0.3, -0.25) is 0 Å². The lowest BCUT2D eigenvalue weighted by molar-refractivity contribution is 0.393. The third-order valence-corrected chi connectivity index (χ3v) is 2.73. The van der Waals surface area contributed by atoms with E-state index in [4.69, 9.17) is 9.47 Å². The molecule has 0 N–H and O–H groups in total. The maximum Gasteiger partial charge on any atom is 0.122 e. The quantitative estimate of drug-likeness (QED) is 0.809. The number of ether oxygens (including phenoxy) is 2. The molecule has 2 rings (SSSR count). The fraction of sp³-hybridized carbons (Fsp3) is 0.286. The fourth-order valence-electron chi connectivity index (χ4n) is 1.76. The number of benzene rings is 1. The lowest BCUT2D eigenvalue weighted by Crippen LogP contribution is -1.95. The highest BCUT2D eigenvalue weighted by Crippen LogP contribution is 2.23. The molecule has 0 saturated heterocycles. The Hall–Kier alpha value is -2.10. The molecule has 0 aliphatic heterocycles. The van der Waals surface area contributed by atoms with Gasteiger partial charge >= 0.3 is 0 Å². The first kappa shape index (κ1) is 12.4. The second-order valence-corrected chi connectivity index (χ2v) is 3.97. The predicted octanol–water partition coefficient (Wildman–Crippen LogP) is 2.28. The molecule has 0 fully saturated rings. The molecule has 0 bridgehead atoms. The van der Waals surface area contributed by atoms with E-state index >= 15 is 0 Å². The number of aryl methyl sites for hydroxylation is 2. The van der Waals surface area contributed by atoms with Gasteiger partial charge in [0.25, 0.3) is 0 Å². The van der Waals surface area contributed by atoms with Gasteiger partial charge in [0.2, 0.25) is 0 Å². The van der Waals surface area contributed by atoms with Crippen LogP contribution in [0.1, 0.15) is 11.1 Å². The van der Waals surface area contributed by atoms with Crippen LogP contribution in [0.5, 0.6) is 11.5 Å². The van der Waals surface area contributed by atoms with Crippen LogP contribution in [0.3, 0.4) is 0 Å². The van der Waals surface area contributed by atoms with Crippen molar-refractivity contribution >= 4 is 0 Å². The number of hydrogen-bond donors (Lipinski definition) is 0. The van der Waals surface area contributed by atoms with Gasteiger partial charge in [-0.25, -0.2) is 9.97 Å². The van der Waals surface area contributed by atoms with Gasteiger partial charge in [-0.15, -0.1) is 0 Å². The highest BCUT2D eigenvalue weighted by Gasteiger charge is 2.02. The van der Waals surface area contributed by atoms with Gasteiger partial charge in [-0.05, 0) is 36.1 Å². The van der Waals surface area contributed by atoms with Gasteiger partial charge in [-0.1, -0.05) is 0 Å². The fourth-order valence-corrected chi connectivity index (χ4v) is 1.76. The maximum absolute atomic E-state index is 5.24. The van der Waals surface area contributed by atoms with E-state index in [1.165, 1.54) is 11.9 Å². The molecular formula is C14H16N2O2. The molecule has 94 valence electrons. The first-order chi connectivity index (χ1) is 8.81. The van der Waals surface area contributed by atoms with Crippen LogP contribution in [-0.4, -0.2) is 24.2 Å². The molecule has 0 spiro atoms. The van der Waals surface area contributed by atoms with Crippen molar-refractivity contribution in [3.05, 3.63) is 48.0 Å². The molecule has 1 aromatic heterocycles. The molecular weight excluding hydrogens is 228 g/mol. The molecule has 4 nitrogen and oxygen atoms in total. The predicted molar refractivity (Wildman–Crippen MR) is 69.0 cm³/mol. The van der Waals surface area contributed by atoms with Crippen molar-refractivity contribution in [2.75, 3.05) is 14.2 Å². The second kappa shape index (κ2) is 6.00. The zero-order valence-electron chi connectivity index (χ0n) is 10.6. The SMILES string of the molecule is COc1cc(CCc2cncnc2)cc(OC)c1. The molecule has 0 atom stereocenters. The van der Waals surface area contributed by atoms with E-state index in [1.807, 2.05) is 30.6 Å². The van der Waals surface area contributed by atoms with Gasteiger partial charge in [-0.2, -0.15) is 0 Å². The number of hydrogen-bond acceptors (Lipinski definition) is 4. The third kappa shape index (κ3) is 3.20. The highest BCUT2D eigenvalue weighted by atomic mass is 16.5. The van der Waals surface area contributed by atoms with Crippen LogP contribution < -0.4 is 9.47 Å². The topological polar surface area (TPSA) is 44.2 Å². The zero-order chi connectivity index (χ0) is 12.8. The molecule has 0 saturated carbocycles. The number of rotatable bonds is 5. The van der Waals surface area contributed by atoms with Crippen molar-refractivity contribution in [3.63, 3.8) is 0 Å². The van der Waals surface area contributed by atoms with Gasteiger partial charge in [0.15, 0.2) is 0 Å². The van der Waals surface area contributed by atoms with Crippen LogP contribution in [-0.2, 0) is 12.8 Å². The number of aromatic nitrogens is 2. The summed E-state index contributed by atoms with van der Waals surface area (Å²) in [5.74, 6) is 1.63. The summed E-state index contributed by atoms with van der Waals surface area (Å²) in [5, 5.41) is 0. The van der Waals surface area contributed by atoms with Crippen molar-refractivity contribution in [1.82, 2.24) is 9.97 Å². The van der Waals surface area contributed by atoms with Gasteiger partial charge in [0, 0.05) is 18.5 Å². The van der Waals surface area contributed by atoms with Crippen molar-refractivity contribution in [1.29, 1.82) is 0 Å². The Morgan fingerprint density at radius 1 is 0.833 bits per heavy atom. The summed E-state index contributed by atoms with van der Waals surface area (Å²) in [6.07, 6.45) is 7.02. The van der Waals surface area contributed by atoms with E-state index in [0.717, 1.165) is 29.9 Å². The molecule has 18 heavy (non-hydrogen) atoms. The Morgan fingerprint density at radius 3 is 1.94 bits per heavy atom. The van der Waals surface area contributed by atoms with Crippen LogP contribution >= 0.6 is 0 Å². The molecule has 0 aliphatic rings. The maximum atomic E-state index is 5.24. The largest absolute Gasteiger partial charge is 0.497 e. The Balaban J connectivity index is 2.09. The summed E-state index contributed by atoms with van der Waals surface area (Å²) in [6, 6.07) is 5.91. The van der Waals surface area contributed by atoms with Crippen molar-refractivity contribution in [3.8, 4) is 11.5 Å². The summed E-state index contributed by atoms with van der Waals surface area (Å²) in [7, 11) is 3.31. The Morgan fingerprint density at radius 2 is 1.39 bits per heavy atom. The van der Waals surface area contributed by atoms with E-state index < -0.39 is 0 Å². The van der Waals surface area contributed by atoms with Gasteiger partial charge in [0.1, 0.15) is 17.8 Å². The molecule has 4 heteroatoms. The van der Waals surface area contributed by atoms with E-state index in [9.17, 15) is 0 Å². The zero-order valence-corrected chi connectivity index (χ0v) is 10.6. The highest BCUT2D eigenvalue weighted by molar-refractivity contribution is 5.38. The number of methoxy groups -OCH3 is 2. The standard InChI is InChI=1S/C14H16N2O2/c1-17-13-5-11(6-14(7-13)18-2)3-4-12-8-15-10-16-9-12/h5-10H,3-4H2,1-2H3. The van der Waals surface area contributed by atoms with E-state index in [-0.39, 0.29) is 0 Å². The first-order valence-corrected chi connectivity index (χ1v) is 5.77. The summed E-state index contributed by atoms with van der Waals surface area (Å²) < 4.78 is 10.5. The average molecular weight is 244 g/mol. The Labute approximate surface area is 107 Å². The van der Waals surface area contributed by atoms with Crippen LogP contribution in [0.15, 0.2) is 36.9 Å². The summed E-state index contributed by atoms with van der Waals surface area (Å²) >= 11 is 0. The Bertz CT molecular complexity index is 478. The molecule has 1 aromatic carbocycles. The molecule has 0 amide bonds. The molecule has 0 radical (unpaired) electrons. The van der Waals surface area contributed by atoms with Crippen molar-refractivity contribution in [2.24, 2.45) is 0 Å². The molecule has 0 aliphatic carbocycles. The minimum absolute atomic E-state index is 0.814. The summed E-state index contributed by atoms with van der Waals surface area (Å²) in [4.78, 5) is 8.01.